The molecule has 0 rings (SSSR count). The zero-order chi connectivity index (χ0) is 9.40. The molecule has 70 valence electrons. The third-order valence-electron chi connectivity index (χ3n) is 1.27. The first kappa shape index (κ1) is 11.5. The highest BCUT2D eigenvalue weighted by molar-refractivity contribution is 6.18. The minimum absolute atomic E-state index is 0.101. The molecule has 0 radical (unpaired) electrons. The van der Waals surface area contributed by atoms with Gasteiger partial charge >= 0.3 is 0 Å². The van der Waals surface area contributed by atoms with E-state index in [9.17, 15) is 4.79 Å². The van der Waals surface area contributed by atoms with Crippen LogP contribution in [0.1, 0.15) is 20.3 Å². The van der Waals surface area contributed by atoms with E-state index in [1.165, 1.54) is 0 Å². The van der Waals surface area contributed by atoms with E-state index in [1.807, 2.05) is 26.0 Å². The first-order chi connectivity index (χ1) is 5.66. The van der Waals surface area contributed by atoms with E-state index in [2.05, 4.69) is 5.32 Å². The second-order valence-corrected chi connectivity index (χ2v) is 3.34. The zero-order valence-corrected chi connectivity index (χ0v) is 8.40. The van der Waals surface area contributed by atoms with Gasteiger partial charge in [0.25, 0.3) is 0 Å². The monoisotopic (exact) mass is 189 g/mol. The Bertz CT molecular complexity index is 155. The summed E-state index contributed by atoms with van der Waals surface area (Å²) in [7, 11) is 0. The van der Waals surface area contributed by atoms with Crippen molar-refractivity contribution in [3.8, 4) is 0 Å². The Balaban J connectivity index is 3.38. The van der Waals surface area contributed by atoms with Crippen LogP contribution in [-0.2, 0) is 4.79 Å². The lowest BCUT2D eigenvalue weighted by molar-refractivity contribution is -0.121. The number of halogens is 1. The Morgan fingerprint density at radius 1 is 1.50 bits per heavy atom. The molecule has 0 bridgehead atoms. The molecule has 1 amide bonds. The molecular weight excluding hydrogens is 174 g/mol. The van der Waals surface area contributed by atoms with Crippen LogP contribution < -0.4 is 5.32 Å². The number of alkyl halides is 1. The third kappa shape index (κ3) is 7.61. The van der Waals surface area contributed by atoms with Gasteiger partial charge in [0.2, 0.25) is 5.91 Å². The standard InChI is InChI=1S/C9H16ClNO/c1-8(2)7-9(12)11-6-4-3-5-10/h3-4,8H,5-7H2,1-2H3,(H,11,12)/b4-3+. The molecule has 0 saturated carbocycles. The molecule has 3 heteroatoms. The molecule has 1 N–H and O–H groups in total. The second kappa shape index (κ2) is 7.17. The first-order valence-electron chi connectivity index (χ1n) is 4.14. The van der Waals surface area contributed by atoms with E-state index < -0.39 is 0 Å². The van der Waals surface area contributed by atoms with Crippen LogP contribution in [0.15, 0.2) is 12.2 Å². The molecule has 0 spiro atoms. The van der Waals surface area contributed by atoms with Gasteiger partial charge in [0.05, 0.1) is 0 Å². The van der Waals surface area contributed by atoms with Gasteiger partial charge in [-0.1, -0.05) is 26.0 Å². The molecule has 0 heterocycles. The molecule has 0 unspecified atom stereocenters. The van der Waals surface area contributed by atoms with Crippen LogP contribution in [0.5, 0.6) is 0 Å². The van der Waals surface area contributed by atoms with E-state index in [1.54, 1.807) is 0 Å². The summed E-state index contributed by atoms with van der Waals surface area (Å²) in [6, 6.07) is 0. The van der Waals surface area contributed by atoms with Crippen LogP contribution in [-0.4, -0.2) is 18.3 Å². The van der Waals surface area contributed by atoms with Crippen molar-refractivity contribution < 1.29 is 4.79 Å². The van der Waals surface area contributed by atoms with Crippen LogP contribution in [0.4, 0.5) is 0 Å². The number of hydrogen-bond donors (Lipinski definition) is 1. The highest BCUT2D eigenvalue weighted by atomic mass is 35.5. The zero-order valence-electron chi connectivity index (χ0n) is 7.64. The van der Waals surface area contributed by atoms with E-state index in [0.29, 0.717) is 24.8 Å². The molecule has 0 aromatic carbocycles. The lowest BCUT2D eigenvalue weighted by Gasteiger charge is -2.03. The first-order valence-corrected chi connectivity index (χ1v) is 4.68. The van der Waals surface area contributed by atoms with E-state index in [4.69, 9.17) is 11.6 Å². The van der Waals surface area contributed by atoms with E-state index in [-0.39, 0.29) is 5.91 Å². The topological polar surface area (TPSA) is 29.1 Å². The molecule has 12 heavy (non-hydrogen) atoms. The summed E-state index contributed by atoms with van der Waals surface area (Å²) in [5.74, 6) is 1.02. The summed E-state index contributed by atoms with van der Waals surface area (Å²) in [6.45, 7) is 4.63. The minimum Gasteiger partial charge on any atom is -0.353 e. The molecule has 0 atom stereocenters. The predicted octanol–water partition coefficient (Wildman–Crippen LogP) is 1.94. The smallest absolute Gasteiger partial charge is 0.220 e. The Kier molecular flexibility index (Phi) is 6.87. The summed E-state index contributed by atoms with van der Waals surface area (Å²) in [5.41, 5.74) is 0. The molecule has 0 saturated heterocycles. The van der Waals surface area contributed by atoms with Gasteiger partial charge in [-0.25, -0.2) is 0 Å². The fourth-order valence-corrected chi connectivity index (χ4v) is 0.888. The van der Waals surface area contributed by atoms with Crippen molar-refractivity contribution in [2.75, 3.05) is 12.4 Å². The SMILES string of the molecule is CC(C)CC(=O)NC/C=C/CCl. The van der Waals surface area contributed by atoms with E-state index in [0.717, 1.165) is 0 Å². The summed E-state index contributed by atoms with van der Waals surface area (Å²) < 4.78 is 0. The predicted molar refractivity (Wildman–Crippen MR) is 52.3 cm³/mol. The minimum atomic E-state index is 0.101. The highest BCUT2D eigenvalue weighted by Crippen LogP contribution is 1.97. The summed E-state index contributed by atoms with van der Waals surface area (Å²) in [5, 5.41) is 2.76. The van der Waals surface area contributed by atoms with Crippen molar-refractivity contribution in [2.24, 2.45) is 5.92 Å². The maximum Gasteiger partial charge on any atom is 0.220 e. The van der Waals surface area contributed by atoms with Gasteiger partial charge in [0.1, 0.15) is 0 Å². The van der Waals surface area contributed by atoms with Gasteiger partial charge in [0.15, 0.2) is 0 Å². The number of carbonyl (C=O) groups is 1. The molecule has 0 aliphatic carbocycles. The third-order valence-corrected chi connectivity index (χ3v) is 1.44. The number of allylic oxidation sites excluding steroid dienone is 1. The van der Waals surface area contributed by atoms with Crippen molar-refractivity contribution in [1.82, 2.24) is 5.32 Å². The fourth-order valence-electron chi connectivity index (χ4n) is 0.762. The van der Waals surface area contributed by atoms with Crippen LogP contribution >= 0.6 is 11.6 Å². The number of carbonyl (C=O) groups excluding carboxylic acids is 1. The quantitative estimate of drug-likeness (QED) is 0.520. The Morgan fingerprint density at radius 2 is 2.17 bits per heavy atom. The van der Waals surface area contributed by atoms with Gasteiger partial charge in [0, 0.05) is 18.8 Å². The maximum atomic E-state index is 11.0. The molecule has 2 nitrogen and oxygen atoms in total. The van der Waals surface area contributed by atoms with Crippen molar-refractivity contribution in [2.45, 2.75) is 20.3 Å². The summed E-state index contributed by atoms with van der Waals surface area (Å²) in [6.07, 6.45) is 4.26. The highest BCUT2D eigenvalue weighted by Gasteiger charge is 2.01. The van der Waals surface area contributed by atoms with Gasteiger partial charge in [-0.2, -0.15) is 0 Å². The van der Waals surface area contributed by atoms with Gasteiger partial charge in [-0.15, -0.1) is 11.6 Å². The number of hydrogen-bond acceptors (Lipinski definition) is 1. The Hall–Kier alpha value is -0.500. The number of amides is 1. The summed E-state index contributed by atoms with van der Waals surface area (Å²) in [4.78, 5) is 11.0. The Morgan fingerprint density at radius 3 is 2.67 bits per heavy atom. The van der Waals surface area contributed by atoms with Crippen LogP contribution in [0, 0.1) is 5.92 Å². The molecular formula is C9H16ClNO. The van der Waals surface area contributed by atoms with Crippen molar-refractivity contribution in [3.05, 3.63) is 12.2 Å². The van der Waals surface area contributed by atoms with Crippen LogP contribution in [0.3, 0.4) is 0 Å². The molecule has 0 aromatic rings. The van der Waals surface area contributed by atoms with Crippen LogP contribution in [0.25, 0.3) is 0 Å². The van der Waals surface area contributed by atoms with E-state index >= 15 is 0 Å². The molecule has 0 aliphatic rings. The average Bonchev–Trinajstić information content (AvgIpc) is 1.97. The van der Waals surface area contributed by atoms with Crippen molar-refractivity contribution in [1.29, 1.82) is 0 Å². The second-order valence-electron chi connectivity index (χ2n) is 3.03. The molecule has 0 fully saturated rings. The van der Waals surface area contributed by atoms with Crippen LogP contribution in [0.2, 0.25) is 0 Å². The van der Waals surface area contributed by atoms with Crippen molar-refractivity contribution >= 4 is 17.5 Å². The maximum absolute atomic E-state index is 11.0. The average molecular weight is 190 g/mol. The molecule has 0 aromatic heterocycles. The van der Waals surface area contributed by atoms with Gasteiger partial charge in [-0.05, 0) is 5.92 Å². The van der Waals surface area contributed by atoms with Crippen molar-refractivity contribution in [3.63, 3.8) is 0 Å². The van der Waals surface area contributed by atoms with Gasteiger partial charge in [-0.3, -0.25) is 4.79 Å². The lowest BCUT2D eigenvalue weighted by Crippen LogP contribution is -2.24. The fraction of sp³-hybridized carbons (Fsp3) is 0.667. The number of nitrogens with one attached hydrogen (secondary N) is 1. The Labute approximate surface area is 79.0 Å². The summed E-state index contributed by atoms with van der Waals surface area (Å²) >= 11 is 5.40. The number of rotatable bonds is 5. The lowest BCUT2D eigenvalue weighted by atomic mass is 10.1. The normalized spacial score (nSPS) is 11.0. The largest absolute Gasteiger partial charge is 0.353 e. The van der Waals surface area contributed by atoms with Gasteiger partial charge < -0.3 is 5.32 Å². The molecule has 0 aliphatic heterocycles.